The Bertz CT molecular complexity index is 1040. The van der Waals surface area contributed by atoms with Crippen molar-refractivity contribution in [2.24, 2.45) is 0 Å². The number of halogens is 1. The molecule has 1 N–H and O–H groups in total. The molecule has 1 aromatic heterocycles. The molecule has 0 unspecified atom stereocenters. The number of rotatable bonds is 6. The molecule has 0 bridgehead atoms. The maximum atomic E-state index is 13.0. The molecule has 2 aromatic carbocycles. The van der Waals surface area contributed by atoms with E-state index in [2.05, 4.69) is 15.5 Å². The van der Waals surface area contributed by atoms with Gasteiger partial charge in [-0.25, -0.2) is 0 Å². The van der Waals surface area contributed by atoms with Gasteiger partial charge in [-0.1, -0.05) is 23.7 Å². The summed E-state index contributed by atoms with van der Waals surface area (Å²) >= 11 is 6.19. The fourth-order valence-corrected chi connectivity index (χ4v) is 3.24. The van der Waals surface area contributed by atoms with Crippen LogP contribution >= 0.6 is 11.6 Å². The first kappa shape index (κ1) is 19.1. The van der Waals surface area contributed by atoms with Crippen LogP contribution in [0, 0.1) is 0 Å². The van der Waals surface area contributed by atoms with E-state index in [9.17, 15) is 9.59 Å². The van der Waals surface area contributed by atoms with Gasteiger partial charge in [0.15, 0.2) is 0 Å². The van der Waals surface area contributed by atoms with Crippen LogP contribution in [0.3, 0.4) is 0 Å². The molecule has 2 amide bonds. The summed E-state index contributed by atoms with van der Waals surface area (Å²) in [6.07, 6.45) is 1.89. The van der Waals surface area contributed by atoms with Crippen molar-refractivity contribution in [1.29, 1.82) is 0 Å². The van der Waals surface area contributed by atoms with Crippen molar-refractivity contribution in [3.63, 3.8) is 0 Å². The largest absolute Gasteiger partial charge is 0.419 e. The summed E-state index contributed by atoms with van der Waals surface area (Å²) < 4.78 is 5.76. The van der Waals surface area contributed by atoms with Gasteiger partial charge < -0.3 is 14.6 Å². The maximum absolute atomic E-state index is 13.0. The molecule has 0 radical (unpaired) electrons. The molecule has 7 nitrogen and oxygen atoms in total. The first-order valence-corrected chi connectivity index (χ1v) is 9.65. The minimum absolute atomic E-state index is 0.112. The lowest BCUT2D eigenvalue weighted by Crippen LogP contribution is -2.32. The Morgan fingerprint density at radius 2 is 1.86 bits per heavy atom. The van der Waals surface area contributed by atoms with Crippen LogP contribution in [0.4, 0.5) is 5.69 Å². The summed E-state index contributed by atoms with van der Waals surface area (Å²) in [7, 11) is 0. The standard InChI is InChI=1S/C21H19ClN4O3/c1-13(27)23-15-8-6-14(7-9-15)21(28)26(16-10-11-16)12-19-24-25-20(29-19)17-4-2-3-5-18(17)22/h2-9,16H,10-12H2,1H3,(H,23,27). The van der Waals surface area contributed by atoms with Gasteiger partial charge in [-0.05, 0) is 49.2 Å². The Morgan fingerprint density at radius 3 is 2.52 bits per heavy atom. The predicted molar refractivity (Wildman–Crippen MR) is 108 cm³/mol. The zero-order chi connectivity index (χ0) is 20.4. The SMILES string of the molecule is CC(=O)Nc1ccc(C(=O)N(Cc2nnc(-c3ccccc3Cl)o2)C2CC2)cc1. The van der Waals surface area contributed by atoms with Gasteiger partial charge in [-0.15, -0.1) is 10.2 Å². The summed E-state index contributed by atoms with van der Waals surface area (Å²) in [5.41, 5.74) is 1.84. The van der Waals surface area contributed by atoms with E-state index in [4.69, 9.17) is 16.0 Å². The fourth-order valence-electron chi connectivity index (χ4n) is 3.02. The molecule has 0 atom stereocenters. The van der Waals surface area contributed by atoms with Crippen molar-refractivity contribution in [2.45, 2.75) is 32.4 Å². The lowest BCUT2D eigenvalue weighted by atomic mass is 10.1. The summed E-state index contributed by atoms with van der Waals surface area (Å²) in [4.78, 5) is 25.9. The molecule has 1 heterocycles. The molecule has 0 spiro atoms. The third-order valence-electron chi connectivity index (χ3n) is 4.58. The molecule has 1 aliphatic rings. The van der Waals surface area contributed by atoms with Gasteiger partial charge in [0.25, 0.3) is 5.91 Å². The lowest BCUT2D eigenvalue weighted by molar-refractivity contribution is -0.114. The zero-order valence-corrected chi connectivity index (χ0v) is 16.5. The molecule has 4 rings (SSSR count). The van der Waals surface area contributed by atoms with Crippen LogP contribution in [-0.4, -0.2) is 33.0 Å². The average molecular weight is 411 g/mol. The van der Waals surface area contributed by atoms with Gasteiger partial charge in [0.1, 0.15) is 0 Å². The Hall–Kier alpha value is -3.19. The van der Waals surface area contributed by atoms with E-state index >= 15 is 0 Å². The molecule has 1 aliphatic carbocycles. The average Bonchev–Trinajstić information content (AvgIpc) is 3.44. The van der Waals surface area contributed by atoms with Crippen molar-refractivity contribution in [3.05, 3.63) is 65.0 Å². The van der Waals surface area contributed by atoms with E-state index in [1.165, 1.54) is 6.92 Å². The first-order valence-electron chi connectivity index (χ1n) is 9.27. The van der Waals surface area contributed by atoms with E-state index in [0.29, 0.717) is 33.6 Å². The topological polar surface area (TPSA) is 88.3 Å². The Morgan fingerprint density at radius 1 is 1.14 bits per heavy atom. The number of benzene rings is 2. The number of carbonyl (C=O) groups excluding carboxylic acids is 2. The number of amides is 2. The Kier molecular flexibility index (Phi) is 5.31. The highest BCUT2D eigenvalue weighted by Gasteiger charge is 2.34. The van der Waals surface area contributed by atoms with Gasteiger partial charge in [-0.2, -0.15) is 0 Å². The monoisotopic (exact) mass is 410 g/mol. The van der Waals surface area contributed by atoms with Gasteiger partial charge in [0.05, 0.1) is 17.1 Å². The van der Waals surface area contributed by atoms with E-state index in [-0.39, 0.29) is 24.4 Å². The molecular formula is C21H19ClN4O3. The minimum atomic E-state index is -0.158. The van der Waals surface area contributed by atoms with E-state index < -0.39 is 0 Å². The number of aromatic nitrogens is 2. The van der Waals surface area contributed by atoms with Gasteiger partial charge in [0.2, 0.25) is 17.7 Å². The second kappa shape index (κ2) is 8.05. The molecule has 1 fully saturated rings. The third kappa shape index (κ3) is 4.46. The summed E-state index contributed by atoms with van der Waals surface area (Å²) in [5.74, 6) is 0.414. The summed E-state index contributed by atoms with van der Waals surface area (Å²) in [5, 5.41) is 11.4. The molecule has 3 aromatic rings. The summed E-state index contributed by atoms with van der Waals surface area (Å²) in [6, 6.07) is 14.2. The highest BCUT2D eigenvalue weighted by molar-refractivity contribution is 6.33. The molecule has 0 saturated heterocycles. The Labute approximate surface area is 172 Å². The number of hydrogen-bond acceptors (Lipinski definition) is 5. The highest BCUT2D eigenvalue weighted by atomic mass is 35.5. The molecule has 8 heteroatoms. The minimum Gasteiger partial charge on any atom is -0.419 e. The first-order chi connectivity index (χ1) is 14.0. The molecule has 148 valence electrons. The number of hydrogen-bond donors (Lipinski definition) is 1. The number of anilines is 1. The zero-order valence-electron chi connectivity index (χ0n) is 15.8. The second-order valence-corrected chi connectivity index (χ2v) is 7.31. The van der Waals surface area contributed by atoms with Crippen molar-refractivity contribution in [1.82, 2.24) is 15.1 Å². The quantitative estimate of drug-likeness (QED) is 0.659. The lowest BCUT2D eigenvalue weighted by Gasteiger charge is -2.20. The fraction of sp³-hybridized carbons (Fsp3) is 0.238. The van der Waals surface area contributed by atoms with Crippen molar-refractivity contribution >= 4 is 29.1 Å². The number of nitrogens with zero attached hydrogens (tertiary/aromatic N) is 3. The number of nitrogens with one attached hydrogen (secondary N) is 1. The van der Waals surface area contributed by atoms with Crippen LogP contribution in [-0.2, 0) is 11.3 Å². The Balaban J connectivity index is 1.51. The van der Waals surface area contributed by atoms with E-state index in [1.54, 1.807) is 41.3 Å². The van der Waals surface area contributed by atoms with Crippen LogP contribution in [0.1, 0.15) is 36.0 Å². The van der Waals surface area contributed by atoms with Crippen LogP contribution in [0.15, 0.2) is 52.9 Å². The second-order valence-electron chi connectivity index (χ2n) is 6.90. The van der Waals surface area contributed by atoms with Crippen LogP contribution in [0.25, 0.3) is 11.5 Å². The van der Waals surface area contributed by atoms with Crippen molar-refractivity contribution in [3.8, 4) is 11.5 Å². The summed E-state index contributed by atoms with van der Waals surface area (Å²) in [6.45, 7) is 1.67. The maximum Gasteiger partial charge on any atom is 0.254 e. The normalized spacial score (nSPS) is 13.2. The highest BCUT2D eigenvalue weighted by Crippen LogP contribution is 2.31. The molecule has 0 aliphatic heterocycles. The third-order valence-corrected chi connectivity index (χ3v) is 4.91. The molecule has 1 saturated carbocycles. The smallest absolute Gasteiger partial charge is 0.254 e. The van der Waals surface area contributed by atoms with Crippen LogP contribution in [0.5, 0.6) is 0 Å². The van der Waals surface area contributed by atoms with Gasteiger partial charge in [0, 0.05) is 24.2 Å². The predicted octanol–water partition coefficient (Wildman–Crippen LogP) is 4.15. The molecular weight excluding hydrogens is 392 g/mol. The van der Waals surface area contributed by atoms with Crippen molar-refractivity contribution < 1.29 is 14.0 Å². The van der Waals surface area contributed by atoms with Crippen molar-refractivity contribution in [2.75, 3.05) is 5.32 Å². The molecule has 29 heavy (non-hydrogen) atoms. The number of carbonyl (C=O) groups is 2. The van der Waals surface area contributed by atoms with E-state index in [1.807, 2.05) is 12.1 Å². The van der Waals surface area contributed by atoms with Gasteiger partial charge in [-0.3, -0.25) is 9.59 Å². The van der Waals surface area contributed by atoms with E-state index in [0.717, 1.165) is 12.8 Å². The van der Waals surface area contributed by atoms with Gasteiger partial charge >= 0.3 is 0 Å². The van der Waals surface area contributed by atoms with Crippen LogP contribution < -0.4 is 5.32 Å². The van der Waals surface area contributed by atoms with Crippen LogP contribution in [0.2, 0.25) is 5.02 Å².